The van der Waals surface area contributed by atoms with E-state index in [1.165, 1.54) is 44.3 Å². The number of nitriles is 4. The number of piperidine rings is 8. The van der Waals surface area contributed by atoms with Crippen molar-refractivity contribution < 1.29 is 78.8 Å². The molecule has 29 nitrogen and oxygen atoms in total. The minimum Gasteiger partial charge on any atom is -1.00 e. The van der Waals surface area contributed by atoms with Gasteiger partial charge in [-0.25, -0.2) is 20.2 Å². The van der Waals surface area contributed by atoms with Crippen molar-refractivity contribution in [3.63, 3.8) is 0 Å². The molecule has 9 saturated heterocycles. The quantitative estimate of drug-likeness (QED) is 0.0179. The molecule has 137 heavy (non-hydrogen) atoms. The number of carboxylic acid groups (broad SMARTS) is 1. The summed E-state index contributed by atoms with van der Waals surface area (Å²) in [6, 6.07) is 70.0. The second kappa shape index (κ2) is 59.6. The molecule has 31 heteroatoms. The zero-order valence-corrected chi connectivity index (χ0v) is 79.9. The summed E-state index contributed by atoms with van der Waals surface area (Å²) in [5, 5.41) is 53.5. The molecule has 9 fully saturated rings. The van der Waals surface area contributed by atoms with Crippen LogP contribution < -0.4 is 85.6 Å². The minimum absolute atomic E-state index is 0. The first kappa shape index (κ1) is 110. The molecule has 5 atom stereocenters. The molecule has 0 aromatic heterocycles. The van der Waals surface area contributed by atoms with Crippen molar-refractivity contribution >= 4 is 122 Å². The molecule has 8 aromatic carbocycles. The molecule has 0 spiro atoms. The number of carboxylic acids is 1. The number of carbonyl (C=O) groups excluding carboxylic acids is 6. The van der Waals surface area contributed by atoms with E-state index in [2.05, 4.69) is 95.7 Å². The number of aliphatic carboxylic acids is 1. The molecule has 5 unspecified atom stereocenters. The standard InChI is InChI=1S/C24H30N4O2.C24H28N4O.C15H19N3O2.C13H14N2O2.C13H14N2O.C11H14N2O.C4H8O.C2H7NO.Al.Li.4H/c25-24(30)18-6-5-8-21(16-18)27-14-3-1-7-22(27)17-26-19-10-12-20(13-11-19)28-15-4-2-9-23(28)29;25-17-19-6-5-8-22(16-19)27-14-3-1-7-23(27)18-26-20-10-12-21(13-11-20)28-15-4-2-9-24(28)29;1-17(20-2)15(19)14-8-3-4-9-18(14)13-7-5-6-12(10-13)11-16;14-9-10-4-3-5-11(8-10)15-7-2-1-6-12(15)13(16)17;14-9-11-4-3-6-12(8-11)15-7-2-1-5-13(15)10-16;12-9-4-6-10(7-5-9)13-8-2-1-3-11(13)14;1-2-4-5-3-1;1-3-4-2;;;;;;/h5-6,8,10-13,16,22,26H,1-4,7,9,14-15,17H2,(H2,25,30);5-6,8,10-13,16,23,26H,1-4,7,9,14-15,18H2;5-7,10,14H,3-4,8-9H2,1-2H3;3-5,8,12H,1-2,6-7H2,(H,16,17);3-4,6,8,10,13H,1-2,5,7H2;4-7H,1-3,8,12H2;1-4H2;3H,1-2H3;;;;;;/q;;;;;;;;;+1;;;;-1/p+1. The van der Waals surface area contributed by atoms with Gasteiger partial charge in [0, 0.05) is 185 Å². The zero-order valence-electron chi connectivity index (χ0n) is 80.9. The molecule has 0 radical (unpaired) electrons. The van der Waals surface area contributed by atoms with Crippen LogP contribution in [-0.2, 0) is 43.2 Å². The van der Waals surface area contributed by atoms with Crippen LogP contribution in [0.15, 0.2) is 194 Å². The molecule has 9 aliphatic rings. The van der Waals surface area contributed by atoms with Gasteiger partial charge in [-0.05, 0) is 311 Å². The third-order valence-electron chi connectivity index (χ3n) is 25.5. The summed E-state index contributed by atoms with van der Waals surface area (Å²) < 4.78 is 4.94. The Hall–Kier alpha value is -12.4. The predicted octanol–water partition coefficient (Wildman–Crippen LogP) is 11.6. The average Bonchev–Trinajstić information content (AvgIpc) is 1.13. The number of nitrogens with two attached hydrogens (primary N) is 3. The fraction of sp³-hybridized carbons (Fsp3) is 0.443. The van der Waals surface area contributed by atoms with Gasteiger partial charge in [0.2, 0.25) is 23.6 Å². The first-order chi connectivity index (χ1) is 65.8. The second-order valence-electron chi connectivity index (χ2n) is 34.7. The Bertz CT molecular complexity index is 5280. The fourth-order valence-corrected chi connectivity index (χ4v) is 18.1. The van der Waals surface area contributed by atoms with Crippen LogP contribution in [-0.4, -0.2) is 207 Å². The molecule has 9 heterocycles. The van der Waals surface area contributed by atoms with Gasteiger partial charge in [0.05, 0.1) is 73.8 Å². The second-order valence-corrected chi connectivity index (χ2v) is 34.7. The van der Waals surface area contributed by atoms with Gasteiger partial charge in [-0.2, -0.15) is 21.0 Å². The van der Waals surface area contributed by atoms with Gasteiger partial charge >= 0.3 is 24.8 Å². The number of aldehydes is 1. The Kier molecular flexibility index (Phi) is 47.8. The number of primary amides is 1. The van der Waals surface area contributed by atoms with Gasteiger partial charge in [-0.15, -0.1) is 0 Å². The van der Waals surface area contributed by atoms with Crippen molar-refractivity contribution in [3.05, 3.63) is 222 Å². The number of quaternary nitrogens is 1. The van der Waals surface area contributed by atoms with E-state index in [-0.39, 0.29) is 73.4 Å². The summed E-state index contributed by atoms with van der Waals surface area (Å²) in [5.41, 5.74) is 26.5. The number of anilines is 11. The van der Waals surface area contributed by atoms with Crippen LogP contribution in [0.25, 0.3) is 0 Å². The summed E-state index contributed by atoms with van der Waals surface area (Å²) in [6.45, 7) is 10.6. The number of benzene rings is 8. The van der Waals surface area contributed by atoms with Crippen molar-refractivity contribution in [2.45, 2.75) is 197 Å². The van der Waals surface area contributed by atoms with Crippen LogP contribution in [0.4, 0.5) is 62.6 Å². The van der Waals surface area contributed by atoms with Gasteiger partial charge in [-0.3, -0.25) is 28.8 Å². The number of nitrogens with one attached hydrogen (secondary N) is 2. The first-order valence-electron chi connectivity index (χ1n) is 47.9. The minimum atomic E-state index is -0.785. The van der Waals surface area contributed by atoms with E-state index in [0.717, 1.165) is 257 Å². The van der Waals surface area contributed by atoms with Crippen LogP contribution in [0, 0.1) is 45.3 Å². The number of ether oxygens (including phenoxy) is 1. The van der Waals surface area contributed by atoms with E-state index in [0.29, 0.717) is 65.6 Å². The van der Waals surface area contributed by atoms with E-state index in [4.69, 9.17) is 36.8 Å². The summed E-state index contributed by atoms with van der Waals surface area (Å²) in [6.07, 6.45) is 27.5. The van der Waals surface area contributed by atoms with Gasteiger partial charge in [0.25, 0.3) is 5.91 Å². The first-order valence-corrected chi connectivity index (χ1v) is 47.9. The summed E-state index contributed by atoms with van der Waals surface area (Å²) in [4.78, 5) is 108. The SMILES string of the molecule is C1CCOC1.CON(C)C(=O)C1CCCCN1c1cccc(C#N)c1.C[NH2+]OC.N#Cc1cccc(N2CCCCC2C(=O)O)c1.N#Cc1cccc(N2CCCCC2C=O)c1.N#Cc1cccc(N2CCCCC2CNc2ccc(N3CCCCC3=O)cc2)c1.NC(=O)c1cccc(N2CCCCC2CNc2ccc(N3CCCCC3=O)cc2)c1.Nc1ccc(N2CCCCC2=O)cc1.[AlH3].[H-].[Li+]. The van der Waals surface area contributed by atoms with Crippen LogP contribution in [0.3, 0.4) is 0 Å². The fourth-order valence-electron chi connectivity index (χ4n) is 18.1. The van der Waals surface area contributed by atoms with Crippen LogP contribution in [0.2, 0.25) is 0 Å². The number of likely N-dealkylation sites (N-methyl/N-ethyl adjacent to an activating group) is 1. The number of amides is 5. The number of hydroxylamine groups is 3. The molecule has 8 aromatic rings. The number of hydrogen-bond acceptors (Lipinski definition) is 22. The third-order valence-corrected chi connectivity index (χ3v) is 25.5. The monoisotopic (exact) mass is 1870 g/mol. The zero-order chi connectivity index (χ0) is 96.1. The van der Waals surface area contributed by atoms with Crippen molar-refractivity contribution in [2.24, 2.45) is 5.73 Å². The third kappa shape index (κ3) is 34.1. The van der Waals surface area contributed by atoms with E-state index >= 15 is 0 Å². The largest absolute Gasteiger partial charge is 1.00 e. The molecular formula is C106H139AlLiN18O11+. The Morgan fingerprint density at radius 2 is 0.796 bits per heavy atom. The van der Waals surface area contributed by atoms with E-state index in [1.54, 1.807) is 56.0 Å². The molecule has 0 aliphatic carbocycles. The van der Waals surface area contributed by atoms with Crippen LogP contribution >= 0.6 is 0 Å². The van der Waals surface area contributed by atoms with Gasteiger partial charge < -0.3 is 77.4 Å². The van der Waals surface area contributed by atoms with Gasteiger partial charge in [0.15, 0.2) is 17.4 Å². The van der Waals surface area contributed by atoms with Gasteiger partial charge in [0.1, 0.15) is 18.4 Å². The maximum atomic E-state index is 12.4. The molecule has 0 bridgehead atoms. The van der Waals surface area contributed by atoms with Crippen LogP contribution in [0.1, 0.15) is 201 Å². The Labute approximate surface area is 833 Å². The Morgan fingerprint density at radius 3 is 1.15 bits per heavy atom. The molecule has 9 N–H and O–H groups in total. The smallest absolute Gasteiger partial charge is 1.00 e. The Morgan fingerprint density at radius 1 is 0.460 bits per heavy atom. The van der Waals surface area contributed by atoms with E-state index in [1.807, 2.05) is 148 Å². The number of hydrogen-bond donors (Lipinski definition) is 6. The Balaban J connectivity index is 0.000000224. The van der Waals surface area contributed by atoms with Crippen molar-refractivity contribution in [2.75, 3.05) is 163 Å². The maximum Gasteiger partial charge on any atom is 1.00 e. The molecule has 5 amide bonds. The molecule has 0 saturated carbocycles. The number of nitrogens with zero attached hydrogens (tertiary/aromatic N) is 13. The number of nitrogen functional groups attached to an aromatic ring is 1. The summed E-state index contributed by atoms with van der Waals surface area (Å²) in [7, 11) is 6.57. The van der Waals surface area contributed by atoms with Crippen molar-refractivity contribution in [1.82, 2.24) is 5.06 Å². The number of carbonyl (C=O) groups is 7. The molecule has 722 valence electrons. The van der Waals surface area contributed by atoms with Crippen molar-refractivity contribution in [3.8, 4) is 24.3 Å². The topological polar surface area (TPSA) is 384 Å². The normalized spacial score (nSPS) is 18.8. The molecule has 9 aliphatic heterocycles. The summed E-state index contributed by atoms with van der Waals surface area (Å²) in [5.74, 6) is -0.550. The molecular weight excluding hydrogens is 1740 g/mol. The molecule has 17 rings (SSSR count). The average molecular weight is 1880 g/mol. The number of rotatable bonds is 20. The van der Waals surface area contributed by atoms with Crippen molar-refractivity contribution in [1.29, 1.82) is 21.0 Å². The maximum absolute atomic E-state index is 12.4. The van der Waals surface area contributed by atoms with Gasteiger partial charge in [-0.1, -0.05) is 30.3 Å². The van der Waals surface area contributed by atoms with Crippen LogP contribution in [0.5, 0.6) is 0 Å². The summed E-state index contributed by atoms with van der Waals surface area (Å²) >= 11 is 0. The predicted molar refractivity (Wildman–Crippen MR) is 543 cm³/mol. The van der Waals surface area contributed by atoms with E-state index < -0.39 is 17.9 Å². The van der Waals surface area contributed by atoms with E-state index in [9.17, 15) is 43.9 Å².